The zero-order valence-corrected chi connectivity index (χ0v) is 10.9. The SMILES string of the molecule is CC(O)(c1cnnn1-c1ccccc1)C1CCOC1. The van der Waals surface area contributed by atoms with Crippen LogP contribution in [0.4, 0.5) is 0 Å². The summed E-state index contributed by atoms with van der Waals surface area (Å²) in [4.78, 5) is 0. The van der Waals surface area contributed by atoms with Crippen LogP contribution in [0.2, 0.25) is 0 Å². The van der Waals surface area contributed by atoms with Crippen molar-refractivity contribution in [2.75, 3.05) is 13.2 Å². The van der Waals surface area contributed by atoms with E-state index in [1.54, 1.807) is 10.9 Å². The van der Waals surface area contributed by atoms with E-state index < -0.39 is 5.60 Å². The molecule has 1 aromatic carbocycles. The number of hydrogen-bond acceptors (Lipinski definition) is 4. The molecule has 1 fully saturated rings. The first kappa shape index (κ1) is 12.3. The number of rotatable bonds is 3. The number of aliphatic hydroxyl groups is 1. The van der Waals surface area contributed by atoms with Crippen molar-refractivity contribution in [2.45, 2.75) is 18.9 Å². The van der Waals surface area contributed by atoms with Crippen molar-refractivity contribution in [2.24, 2.45) is 5.92 Å². The summed E-state index contributed by atoms with van der Waals surface area (Å²) in [6.45, 7) is 3.09. The topological polar surface area (TPSA) is 60.2 Å². The van der Waals surface area contributed by atoms with Crippen molar-refractivity contribution < 1.29 is 9.84 Å². The van der Waals surface area contributed by atoms with Gasteiger partial charge in [-0.3, -0.25) is 0 Å². The second-order valence-corrected chi connectivity index (χ2v) is 5.07. The van der Waals surface area contributed by atoms with E-state index in [0.717, 1.165) is 12.1 Å². The summed E-state index contributed by atoms with van der Waals surface area (Å²) in [5.74, 6) is 0.0773. The zero-order chi connectivity index (χ0) is 13.3. The quantitative estimate of drug-likeness (QED) is 0.907. The molecule has 2 unspecified atom stereocenters. The first-order chi connectivity index (χ1) is 9.19. The maximum absolute atomic E-state index is 10.8. The van der Waals surface area contributed by atoms with Gasteiger partial charge in [0.1, 0.15) is 5.60 Å². The first-order valence-electron chi connectivity index (χ1n) is 6.46. The first-order valence-corrected chi connectivity index (χ1v) is 6.46. The van der Waals surface area contributed by atoms with Crippen LogP contribution in [0.1, 0.15) is 19.0 Å². The Morgan fingerprint density at radius 1 is 1.37 bits per heavy atom. The van der Waals surface area contributed by atoms with E-state index in [4.69, 9.17) is 4.74 Å². The van der Waals surface area contributed by atoms with Crippen molar-refractivity contribution in [3.63, 3.8) is 0 Å². The minimum absolute atomic E-state index is 0.0773. The fourth-order valence-electron chi connectivity index (χ4n) is 2.53. The molecule has 100 valence electrons. The molecule has 1 aromatic heterocycles. The second kappa shape index (κ2) is 4.75. The van der Waals surface area contributed by atoms with Crippen molar-refractivity contribution in [1.82, 2.24) is 15.0 Å². The molecule has 0 spiro atoms. The third-order valence-corrected chi connectivity index (χ3v) is 3.79. The van der Waals surface area contributed by atoms with E-state index in [-0.39, 0.29) is 5.92 Å². The highest BCUT2D eigenvalue weighted by atomic mass is 16.5. The third-order valence-electron chi connectivity index (χ3n) is 3.79. The molecule has 2 aromatic rings. The Morgan fingerprint density at radius 3 is 2.84 bits per heavy atom. The number of hydrogen-bond donors (Lipinski definition) is 1. The molecule has 19 heavy (non-hydrogen) atoms. The monoisotopic (exact) mass is 259 g/mol. The minimum Gasteiger partial charge on any atom is -0.383 e. The molecule has 1 aliphatic rings. The van der Waals surface area contributed by atoms with Gasteiger partial charge in [0.25, 0.3) is 0 Å². The van der Waals surface area contributed by atoms with Crippen molar-refractivity contribution in [1.29, 1.82) is 0 Å². The molecule has 3 rings (SSSR count). The number of benzene rings is 1. The lowest BCUT2D eigenvalue weighted by Gasteiger charge is -2.29. The van der Waals surface area contributed by atoms with Gasteiger partial charge in [0.05, 0.1) is 24.2 Å². The lowest BCUT2D eigenvalue weighted by atomic mass is 9.86. The Balaban J connectivity index is 2.00. The lowest BCUT2D eigenvalue weighted by molar-refractivity contribution is -0.0154. The van der Waals surface area contributed by atoms with Gasteiger partial charge in [-0.05, 0) is 25.5 Å². The third kappa shape index (κ3) is 2.15. The van der Waals surface area contributed by atoms with Crippen LogP contribution in [-0.2, 0) is 10.3 Å². The predicted octanol–water partition coefficient (Wildman–Crippen LogP) is 1.51. The standard InChI is InChI=1S/C14H17N3O2/c1-14(18,11-7-8-19-10-11)13-9-15-16-17(13)12-5-3-2-4-6-12/h2-6,9,11,18H,7-8,10H2,1H3. The highest BCUT2D eigenvalue weighted by Crippen LogP contribution is 2.34. The number of nitrogens with zero attached hydrogens (tertiary/aromatic N) is 3. The molecule has 0 amide bonds. The largest absolute Gasteiger partial charge is 0.383 e. The molecule has 5 heteroatoms. The van der Waals surface area contributed by atoms with Gasteiger partial charge < -0.3 is 9.84 Å². The molecule has 0 radical (unpaired) electrons. The van der Waals surface area contributed by atoms with Crippen LogP contribution in [0.25, 0.3) is 5.69 Å². The molecule has 0 bridgehead atoms. The van der Waals surface area contributed by atoms with Crippen LogP contribution >= 0.6 is 0 Å². The highest BCUT2D eigenvalue weighted by molar-refractivity contribution is 5.33. The van der Waals surface area contributed by atoms with E-state index in [2.05, 4.69) is 10.3 Å². The summed E-state index contributed by atoms with van der Waals surface area (Å²) in [6, 6.07) is 9.71. The maximum Gasteiger partial charge on any atom is 0.111 e. The van der Waals surface area contributed by atoms with Gasteiger partial charge in [0.15, 0.2) is 0 Å². The minimum atomic E-state index is -0.990. The molecular formula is C14H17N3O2. The van der Waals surface area contributed by atoms with Gasteiger partial charge in [-0.15, -0.1) is 5.10 Å². The zero-order valence-electron chi connectivity index (χ0n) is 10.9. The summed E-state index contributed by atoms with van der Waals surface area (Å²) in [5.41, 5.74) is 0.610. The molecular weight excluding hydrogens is 242 g/mol. The van der Waals surface area contributed by atoms with Crippen LogP contribution in [0.15, 0.2) is 36.5 Å². The summed E-state index contributed by atoms with van der Waals surface area (Å²) in [7, 11) is 0. The van der Waals surface area contributed by atoms with Gasteiger partial charge >= 0.3 is 0 Å². The molecule has 0 saturated carbocycles. The van der Waals surface area contributed by atoms with Crippen LogP contribution < -0.4 is 0 Å². The number of aromatic nitrogens is 3. The average molecular weight is 259 g/mol. The van der Waals surface area contributed by atoms with E-state index in [1.165, 1.54) is 0 Å². The van der Waals surface area contributed by atoms with Crippen molar-refractivity contribution in [3.8, 4) is 5.69 Å². The van der Waals surface area contributed by atoms with Crippen molar-refractivity contribution >= 4 is 0 Å². The Bertz CT molecular complexity index is 545. The smallest absolute Gasteiger partial charge is 0.111 e. The fourth-order valence-corrected chi connectivity index (χ4v) is 2.53. The van der Waals surface area contributed by atoms with E-state index in [0.29, 0.717) is 18.9 Å². The normalized spacial score (nSPS) is 22.3. The maximum atomic E-state index is 10.8. The van der Waals surface area contributed by atoms with E-state index in [1.807, 2.05) is 37.3 Å². The van der Waals surface area contributed by atoms with Crippen LogP contribution in [0.5, 0.6) is 0 Å². The van der Waals surface area contributed by atoms with Gasteiger partial charge in [0.2, 0.25) is 0 Å². The number of ether oxygens (including phenoxy) is 1. The van der Waals surface area contributed by atoms with E-state index >= 15 is 0 Å². The van der Waals surface area contributed by atoms with Crippen LogP contribution in [0, 0.1) is 5.92 Å². The fraction of sp³-hybridized carbons (Fsp3) is 0.429. The van der Waals surface area contributed by atoms with Gasteiger partial charge in [0, 0.05) is 12.5 Å². The van der Waals surface area contributed by atoms with Gasteiger partial charge in [-0.1, -0.05) is 23.4 Å². The summed E-state index contributed by atoms with van der Waals surface area (Å²) >= 11 is 0. The molecule has 1 aliphatic heterocycles. The Kier molecular flexibility index (Phi) is 3.08. The molecule has 2 atom stereocenters. The van der Waals surface area contributed by atoms with E-state index in [9.17, 15) is 5.11 Å². The molecule has 1 saturated heterocycles. The van der Waals surface area contributed by atoms with Gasteiger partial charge in [-0.25, -0.2) is 4.68 Å². The average Bonchev–Trinajstić information content (AvgIpc) is 3.11. The van der Waals surface area contributed by atoms with Gasteiger partial charge in [-0.2, -0.15) is 0 Å². The summed E-state index contributed by atoms with van der Waals surface area (Å²) in [5, 5.41) is 18.9. The summed E-state index contributed by atoms with van der Waals surface area (Å²) < 4.78 is 7.07. The second-order valence-electron chi connectivity index (χ2n) is 5.07. The number of para-hydroxylation sites is 1. The molecule has 0 aliphatic carbocycles. The Labute approximate surface area is 111 Å². The molecule has 2 heterocycles. The van der Waals surface area contributed by atoms with Crippen molar-refractivity contribution in [3.05, 3.63) is 42.2 Å². The molecule has 1 N–H and O–H groups in total. The Hall–Kier alpha value is -1.72. The summed E-state index contributed by atoms with van der Waals surface area (Å²) in [6.07, 6.45) is 2.48. The Morgan fingerprint density at radius 2 is 2.16 bits per heavy atom. The van der Waals surface area contributed by atoms with Crippen LogP contribution in [-0.4, -0.2) is 33.3 Å². The van der Waals surface area contributed by atoms with Crippen LogP contribution in [0.3, 0.4) is 0 Å². The predicted molar refractivity (Wildman–Crippen MR) is 69.9 cm³/mol. The molecule has 5 nitrogen and oxygen atoms in total. The highest BCUT2D eigenvalue weighted by Gasteiger charge is 2.39. The lowest BCUT2D eigenvalue weighted by Crippen LogP contribution is -2.34.